The van der Waals surface area contributed by atoms with Crippen LogP contribution in [-0.4, -0.2) is 5.67 Å². The molecule has 1 aromatic carbocycles. The summed E-state index contributed by atoms with van der Waals surface area (Å²) in [5.74, 6) is 0. The summed E-state index contributed by atoms with van der Waals surface area (Å²) < 4.78 is 13.8. The fraction of sp³-hybridized carbons (Fsp3) is 0.529. The molecule has 0 spiro atoms. The smallest absolute Gasteiger partial charge is 0.112 e. The molecule has 1 rings (SSSR count). The third-order valence-electron chi connectivity index (χ3n) is 2.19. The van der Waals surface area contributed by atoms with Crippen LogP contribution in [0.15, 0.2) is 43.0 Å². The van der Waals surface area contributed by atoms with Crippen LogP contribution < -0.4 is 0 Å². The third-order valence-corrected chi connectivity index (χ3v) is 2.19. The summed E-state index contributed by atoms with van der Waals surface area (Å²) in [7, 11) is 0. The number of benzene rings is 1. The van der Waals surface area contributed by atoms with Crippen molar-refractivity contribution in [2.24, 2.45) is 0 Å². The maximum Gasteiger partial charge on any atom is 0.112 e. The molecule has 1 heteroatoms. The van der Waals surface area contributed by atoms with Crippen LogP contribution in [0.3, 0.4) is 0 Å². The lowest BCUT2D eigenvalue weighted by Crippen LogP contribution is -2.20. The SMILES string of the molecule is C=CC.CC.CCCC(C)(F)Cc1ccccc1. The number of allylic oxidation sites excluding steroid dienone is 1. The molecule has 0 aliphatic heterocycles. The normalized spacial score (nSPS) is 12.1. The second-order valence-electron chi connectivity index (χ2n) is 4.23. The lowest BCUT2D eigenvalue weighted by Gasteiger charge is -2.19. The number of halogens is 1. The summed E-state index contributed by atoms with van der Waals surface area (Å²) in [6.45, 7) is 13.0. The Kier molecular flexibility index (Phi) is 13.2. The Hall–Kier alpha value is -1.11. The van der Waals surface area contributed by atoms with Crippen molar-refractivity contribution >= 4 is 0 Å². The molecule has 0 amide bonds. The molecule has 0 bridgehead atoms. The van der Waals surface area contributed by atoms with E-state index in [9.17, 15) is 4.39 Å². The first kappa shape index (κ1) is 19.2. The van der Waals surface area contributed by atoms with Gasteiger partial charge in [0.15, 0.2) is 0 Å². The Balaban J connectivity index is 0. The maximum absolute atomic E-state index is 13.8. The highest BCUT2D eigenvalue weighted by Gasteiger charge is 2.21. The molecule has 104 valence electrons. The Bertz CT molecular complexity index is 275. The average Bonchev–Trinajstić information content (AvgIpc) is 2.33. The van der Waals surface area contributed by atoms with Crippen molar-refractivity contribution in [3.05, 3.63) is 48.6 Å². The molecule has 0 radical (unpaired) electrons. The summed E-state index contributed by atoms with van der Waals surface area (Å²) in [6.07, 6.45) is 3.82. The van der Waals surface area contributed by atoms with Crippen molar-refractivity contribution < 1.29 is 4.39 Å². The van der Waals surface area contributed by atoms with Crippen molar-refractivity contribution in [1.29, 1.82) is 0 Å². The van der Waals surface area contributed by atoms with Gasteiger partial charge in [0.1, 0.15) is 5.67 Å². The Labute approximate surface area is 113 Å². The molecule has 0 saturated heterocycles. The fourth-order valence-electron chi connectivity index (χ4n) is 1.63. The second kappa shape index (κ2) is 12.3. The van der Waals surface area contributed by atoms with E-state index in [0.717, 1.165) is 12.0 Å². The third kappa shape index (κ3) is 11.4. The van der Waals surface area contributed by atoms with E-state index in [1.54, 1.807) is 13.0 Å². The molecule has 0 fully saturated rings. The summed E-state index contributed by atoms with van der Waals surface area (Å²) in [4.78, 5) is 0. The molecule has 1 unspecified atom stereocenters. The molecule has 0 N–H and O–H groups in total. The van der Waals surface area contributed by atoms with Crippen molar-refractivity contribution in [2.75, 3.05) is 0 Å². The van der Waals surface area contributed by atoms with Gasteiger partial charge in [0.2, 0.25) is 0 Å². The average molecular weight is 252 g/mol. The Morgan fingerprint density at radius 3 is 2.06 bits per heavy atom. The van der Waals surface area contributed by atoms with E-state index < -0.39 is 5.67 Å². The molecule has 0 heterocycles. The van der Waals surface area contributed by atoms with Crippen LogP contribution in [0.2, 0.25) is 0 Å². The first-order valence-corrected chi connectivity index (χ1v) is 6.85. The zero-order chi connectivity index (χ0) is 14.4. The van der Waals surface area contributed by atoms with Gasteiger partial charge in [-0.3, -0.25) is 0 Å². The summed E-state index contributed by atoms with van der Waals surface area (Å²) >= 11 is 0. The van der Waals surface area contributed by atoms with Crippen LogP contribution in [0, 0.1) is 0 Å². The largest absolute Gasteiger partial charge is 0.244 e. The monoisotopic (exact) mass is 252 g/mol. The first-order chi connectivity index (χ1) is 8.55. The highest BCUT2D eigenvalue weighted by atomic mass is 19.1. The molecule has 0 nitrogen and oxygen atoms in total. The van der Waals surface area contributed by atoms with Crippen molar-refractivity contribution in [3.8, 4) is 0 Å². The van der Waals surface area contributed by atoms with E-state index >= 15 is 0 Å². The molecule has 0 aliphatic rings. The number of hydrogen-bond donors (Lipinski definition) is 0. The van der Waals surface area contributed by atoms with Crippen LogP contribution in [-0.2, 0) is 6.42 Å². The maximum atomic E-state index is 13.8. The lowest BCUT2D eigenvalue weighted by atomic mass is 9.94. The van der Waals surface area contributed by atoms with E-state index in [1.165, 1.54) is 0 Å². The molecule has 18 heavy (non-hydrogen) atoms. The van der Waals surface area contributed by atoms with Crippen molar-refractivity contribution in [2.45, 2.75) is 59.5 Å². The first-order valence-electron chi connectivity index (χ1n) is 6.85. The van der Waals surface area contributed by atoms with E-state index in [-0.39, 0.29) is 0 Å². The van der Waals surface area contributed by atoms with Gasteiger partial charge in [-0.25, -0.2) is 4.39 Å². The van der Waals surface area contributed by atoms with Gasteiger partial charge < -0.3 is 0 Å². The van der Waals surface area contributed by atoms with Gasteiger partial charge in [0, 0.05) is 6.42 Å². The molecule has 0 aromatic heterocycles. The minimum atomic E-state index is -1.05. The van der Waals surface area contributed by atoms with Crippen LogP contribution in [0.25, 0.3) is 0 Å². The van der Waals surface area contributed by atoms with Gasteiger partial charge in [-0.05, 0) is 25.8 Å². The van der Waals surface area contributed by atoms with Crippen molar-refractivity contribution in [3.63, 3.8) is 0 Å². The van der Waals surface area contributed by atoms with Crippen LogP contribution in [0.5, 0.6) is 0 Å². The molecule has 0 aliphatic carbocycles. The lowest BCUT2D eigenvalue weighted by molar-refractivity contribution is 0.173. The zero-order valence-corrected chi connectivity index (χ0v) is 12.7. The molecule has 1 atom stereocenters. The number of rotatable bonds is 4. The summed E-state index contributed by atoms with van der Waals surface area (Å²) in [5.41, 5.74) is 0.0387. The van der Waals surface area contributed by atoms with Gasteiger partial charge in [0.25, 0.3) is 0 Å². The molecule has 0 saturated carbocycles. The number of hydrogen-bond acceptors (Lipinski definition) is 0. The second-order valence-corrected chi connectivity index (χ2v) is 4.23. The highest BCUT2D eigenvalue weighted by molar-refractivity contribution is 5.16. The topological polar surface area (TPSA) is 0 Å². The zero-order valence-electron chi connectivity index (χ0n) is 12.7. The summed E-state index contributed by atoms with van der Waals surface area (Å²) in [6, 6.07) is 9.83. The van der Waals surface area contributed by atoms with Gasteiger partial charge in [-0.15, -0.1) is 6.58 Å². The van der Waals surface area contributed by atoms with E-state index in [0.29, 0.717) is 12.8 Å². The van der Waals surface area contributed by atoms with Crippen LogP contribution in [0.1, 0.15) is 53.0 Å². The minimum Gasteiger partial charge on any atom is -0.244 e. The van der Waals surface area contributed by atoms with Gasteiger partial charge in [0.05, 0.1) is 0 Å². The molecular weight excluding hydrogens is 223 g/mol. The highest BCUT2D eigenvalue weighted by Crippen LogP contribution is 2.22. The van der Waals surface area contributed by atoms with E-state index in [2.05, 4.69) is 6.58 Å². The van der Waals surface area contributed by atoms with Crippen LogP contribution >= 0.6 is 0 Å². The molecule has 1 aromatic rings. The molecular formula is C17H29F. The standard InChI is InChI=1S/C12H17F.C3H6.C2H6/c1-3-9-12(2,13)10-11-7-5-4-6-8-11;1-3-2;1-2/h4-8H,3,9-10H2,1-2H3;3H,1H2,2H3;1-2H3. The van der Waals surface area contributed by atoms with E-state index in [1.807, 2.05) is 58.0 Å². The van der Waals surface area contributed by atoms with Gasteiger partial charge >= 0.3 is 0 Å². The quantitative estimate of drug-likeness (QED) is 0.578. The summed E-state index contributed by atoms with van der Waals surface area (Å²) in [5, 5.41) is 0. The fourth-order valence-corrected chi connectivity index (χ4v) is 1.63. The van der Waals surface area contributed by atoms with Gasteiger partial charge in [-0.2, -0.15) is 0 Å². The van der Waals surface area contributed by atoms with E-state index in [4.69, 9.17) is 0 Å². The predicted molar refractivity (Wildman–Crippen MR) is 81.8 cm³/mol. The predicted octanol–water partition coefficient (Wildman–Crippen LogP) is 5.98. The number of alkyl halides is 1. The Morgan fingerprint density at radius 1 is 1.22 bits per heavy atom. The minimum absolute atomic E-state index is 0.529. The van der Waals surface area contributed by atoms with Gasteiger partial charge in [-0.1, -0.05) is 63.6 Å². The Morgan fingerprint density at radius 2 is 1.67 bits per heavy atom. The van der Waals surface area contributed by atoms with Crippen LogP contribution in [0.4, 0.5) is 4.39 Å². The van der Waals surface area contributed by atoms with Crippen molar-refractivity contribution in [1.82, 2.24) is 0 Å².